The number of likely N-dealkylation sites (tertiary alicyclic amines) is 1. The lowest BCUT2D eigenvalue weighted by Crippen LogP contribution is -2.39. The number of hydrogen-bond acceptors (Lipinski definition) is 3. The number of amides is 1. The molecule has 2 unspecified atom stereocenters. The first kappa shape index (κ1) is 18.0. The summed E-state index contributed by atoms with van der Waals surface area (Å²) in [6.07, 6.45) is -5.58. The molecule has 10 heteroatoms. The molecule has 2 atom stereocenters. The summed E-state index contributed by atoms with van der Waals surface area (Å²) in [6, 6.07) is 2.76. The number of rotatable bonds is 2. The molecule has 1 fully saturated rings. The molecule has 2 N–H and O–H groups in total. The van der Waals surface area contributed by atoms with Crippen molar-refractivity contribution in [1.29, 1.82) is 0 Å². The first-order chi connectivity index (χ1) is 12.2. The van der Waals surface area contributed by atoms with Gasteiger partial charge in [-0.1, -0.05) is 6.07 Å². The van der Waals surface area contributed by atoms with E-state index in [0.717, 1.165) is 11.0 Å². The van der Waals surface area contributed by atoms with Gasteiger partial charge in [-0.15, -0.1) is 0 Å². The summed E-state index contributed by atoms with van der Waals surface area (Å²) in [4.78, 5) is 23.7. The largest absolute Gasteiger partial charge is 0.465 e. The van der Waals surface area contributed by atoms with Gasteiger partial charge in [-0.05, 0) is 30.5 Å². The van der Waals surface area contributed by atoms with Gasteiger partial charge in [0.25, 0.3) is 5.56 Å². The molecular formula is C16H14F4N2O4. The van der Waals surface area contributed by atoms with Crippen LogP contribution in [0.4, 0.5) is 22.4 Å². The summed E-state index contributed by atoms with van der Waals surface area (Å²) >= 11 is 0. The van der Waals surface area contributed by atoms with E-state index in [1.165, 1.54) is 6.07 Å². The molecular weight excluding hydrogens is 360 g/mol. The van der Waals surface area contributed by atoms with E-state index in [1.807, 2.05) is 0 Å². The summed E-state index contributed by atoms with van der Waals surface area (Å²) < 4.78 is 57.1. The number of benzene rings is 1. The summed E-state index contributed by atoms with van der Waals surface area (Å²) in [6.45, 7) is 0.0716. The fraction of sp³-hybridized carbons (Fsp3) is 0.375. The van der Waals surface area contributed by atoms with Crippen LogP contribution in [0.15, 0.2) is 33.6 Å². The second kappa shape index (κ2) is 6.50. The smallest absolute Gasteiger partial charge is 0.419 e. The fourth-order valence-corrected chi connectivity index (χ4v) is 3.24. The zero-order valence-corrected chi connectivity index (χ0v) is 13.2. The standard InChI is InChI=1S/C16H14F4N2O4/c17-11-5-8(1-2-10(11)16(18,19)20)12-6-9(3-4-22(12)15(24)25)13-7-14(23)21-26-13/h1-2,5,7,9,12H,3-4,6H2,(H,21,23)(H,24,25). The van der Waals surface area contributed by atoms with Crippen molar-refractivity contribution in [3.8, 4) is 0 Å². The number of aromatic amines is 1. The number of halogens is 4. The number of aromatic nitrogens is 1. The molecule has 3 rings (SSSR count). The quantitative estimate of drug-likeness (QED) is 0.785. The normalized spacial score (nSPS) is 21.0. The van der Waals surface area contributed by atoms with Crippen LogP contribution in [0.25, 0.3) is 0 Å². The SMILES string of the molecule is O=C(O)N1CCC(c2cc(=O)[nH]o2)CC1c1ccc(C(F)(F)F)c(F)c1. The van der Waals surface area contributed by atoms with Gasteiger partial charge in [0.05, 0.1) is 11.6 Å². The number of carboxylic acid groups (broad SMARTS) is 1. The maximum Gasteiger partial charge on any atom is 0.419 e. The van der Waals surface area contributed by atoms with Gasteiger partial charge in [-0.25, -0.2) is 9.18 Å². The number of hydrogen-bond donors (Lipinski definition) is 2. The molecule has 1 aromatic carbocycles. The number of nitrogens with one attached hydrogen (secondary N) is 1. The Kier molecular flexibility index (Phi) is 4.51. The predicted molar refractivity (Wildman–Crippen MR) is 80.2 cm³/mol. The number of H-pyrrole nitrogens is 1. The van der Waals surface area contributed by atoms with Gasteiger partial charge in [-0.2, -0.15) is 18.3 Å². The third kappa shape index (κ3) is 3.44. The molecule has 1 aliphatic heterocycles. The molecule has 0 bridgehead atoms. The maximum absolute atomic E-state index is 13.9. The topological polar surface area (TPSA) is 86.5 Å². The molecule has 2 aromatic rings. The maximum atomic E-state index is 13.9. The van der Waals surface area contributed by atoms with Crippen LogP contribution in [0, 0.1) is 5.82 Å². The third-order valence-corrected chi connectivity index (χ3v) is 4.48. The van der Waals surface area contributed by atoms with Gasteiger partial charge in [-0.3, -0.25) is 4.79 Å². The van der Waals surface area contributed by atoms with Crippen molar-refractivity contribution in [1.82, 2.24) is 10.1 Å². The van der Waals surface area contributed by atoms with Crippen molar-refractivity contribution in [2.45, 2.75) is 31.0 Å². The molecule has 0 aliphatic carbocycles. The lowest BCUT2D eigenvalue weighted by Gasteiger charge is -2.37. The molecule has 1 saturated heterocycles. The Morgan fingerprint density at radius 2 is 2.04 bits per heavy atom. The number of piperidine rings is 1. The fourth-order valence-electron chi connectivity index (χ4n) is 3.24. The van der Waals surface area contributed by atoms with Gasteiger partial charge < -0.3 is 14.5 Å². The number of carbonyl (C=O) groups is 1. The van der Waals surface area contributed by atoms with E-state index in [-0.39, 0.29) is 24.4 Å². The zero-order chi connectivity index (χ0) is 19.1. The second-order valence-corrected chi connectivity index (χ2v) is 6.07. The highest BCUT2D eigenvalue weighted by molar-refractivity contribution is 5.66. The average molecular weight is 374 g/mol. The Hall–Kier alpha value is -2.78. The molecule has 0 radical (unpaired) electrons. The summed E-state index contributed by atoms with van der Waals surface area (Å²) in [5, 5.41) is 11.5. The first-order valence-electron chi connectivity index (χ1n) is 7.71. The van der Waals surface area contributed by atoms with E-state index in [1.54, 1.807) is 0 Å². The van der Waals surface area contributed by atoms with E-state index >= 15 is 0 Å². The van der Waals surface area contributed by atoms with Crippen LogP contribution in [0.2, 0.25) is 0 Å². The van der Waals surface area contributed by atoms with E-state index < -0.39 is 35.3 Å². The highest BCUT2D eigenvalue weighted by Gasteiger charge is 2.37. The van der Waals surface area contributed by atoms with Crippen molar-refractivity contribution >= 4 is 6.09 Å². The minimum absolute atomic E-state index is 0.0716. The van der Waals surface area contributed by atoms with Gasteiger partial charge >= 0.3 is 12.3 Å². The molecule has 1 aliphatic rings. The average Bonchev–Trinajstić information content (AvgIpc) is 2.99. The van der Waals surface area contributed by atoms with Crippen LogP contribution in [0.3, 0.4) is 0 Å². The minimum Gasteiger partial charge on any atom is -0.465 e. The van der Waals surface area contributed by atoms with E-state index in [4.69, 9.17) is 4.52 Å². The lowest BCUT2D eigenvalue weighted by atomic mass is 9.85. The Morgan fingerprint density at radius 3 is 2.58 bits per heavy atom. The summed E-state index contributed by atoms with van der Waals surface area (Å²) in [5.74, 6) is -1.45. The number of nitrogens with zero attached hydrogens (tertiary/aromatic N) is 1. The molecule has 26 heavy (non-hydrogen) atoms. The van der Waals surface area contributed by atoms with Gasteiger partial charge in [0.2, 0.25) is 0 Å². The Labute approximate surface area is 144 Å². The molecule has 0 spiro atoms. The summed E-state index contributed by atoms with van der Waals surface area (Å²) in [5.41, 5.74) is -1.75. The lowest BCUT2D eigenvalue weighted by molar-refractivity contribution is -0.140. The second-order valence-electron chi connectivity index (χ2n) is 6.07. The van der Waals surface area contributed by atoms with E-state index in [0.29, 0.717) is 24.3 Å². The van der Waals surface area contributed by atoms with Crippen LogP contribution < -0.4 is 5.56 Å². The van der Waals surface area contributed by atoms with Gasteiger partial charge in [0, 0.05) is 18.5 Å². The van der Waals surface area contributed by atoms with Crippen LogP contribution in [-0.4, -0.2) is 27.8 Å². The molecule has 2 heterocycles. The number of alkyl halides is 3. The molecule has 1 amide bonds. The van der Waals surface area contributed by atoms with Crippen molar-refractivity contribution in [3.63, 3.8) is 0 Å². The highest BCUT2D eigenvalue weighted by atomic mass is 19.4. The summed E-state index contributed by atoms with van der Waals surface area (Å²) in [7, 11) is 0. The van der Waals surface area contributed by atoms with Crippen LogP contribution in [-0.2, 0) is 6.18 Å². The molecule has 1 aromatic heterocycles. The molecule has 140 valence electrons. The van der Waals surface area contributed by atoms with Crippen LogP contribution >= 0.6 is 0 Å². The molecule has 0 saturated carbocycles. The van der Waals surface area contributed by atoms with Crippen molar-refractivity contribution in [2.24, 2.45) is 0 Å². The van der Waals surface area contributed by atoms with Crippen molar-refractivity contribution in [2.75, 3.05) is 6.54 Å². The Morgan fingerprint density at radius 1 is 1.31 bits per heavy atom. The van der Waals surface area contributed by atoms with Crippen LogP contribution in [0.1, 0.15) is 41.7 Å². The third-order valence-electron chi connectivity index (χ3n) is 4.48. The monoisotopic (exact) mass is 374 g/mol. The van der Waals surface area contributed by atoms with Gasteiger partial charge in [0.1, 0.15) is 11.6 Å². The minimum atomic E-state index is -4.83. The van der Waals surface area contributed by atoms with Gasteiger partial charge in [0.15, 0.2) is 0 Å². The Bertz CT molecular complexity index is 874. The van der Waals surface area contributed by atoms with Crippen LogP contribution in [0.5, 0.6) is 0 Å². The van der Waals surface area contributed by atoms with E-state index in [2.05, 4.69) is 5.16 Å². The first-order valence-corrected chi connectivity index (χ1v) is 7.71. The molecule has 6 nitrogen and oxygen atoms in total. The van der Waals surface area contributed by atoms with Crippen molar-refractivity contribution < 1.29 is 32.0 Å². The van der Waals surface area contributed by atoms with E-state index in [9.17, 15) is 32.3 Å². The zero-order valence-electron chi connectivity index (χ0n) is 13.2. The Balaban J connectivity index is 1.94. The van der Waals surface area contributed by atoms with Crippen molar-refractivity contribution in [3.05, 3.63) is 57.3 Å². The highest BCUT2D eigenvalue weighted by Crippen LogP contribution is 2.40. The predicted octanol–water partition coefficient (Wildman–Crippen LogP) is 3.72.